The standard InChI is InChI=1S/C29H18N4S/c1-3-9-20(10-4-1)27-30-28(21-11-5-2-6-12-21)32-29(31-27)33-24-14-8-7-13-22(24)23-16-15-19-17-18-34-26(19)25(23)33/h1-18H. The Morgan fingerprint density at radius 2 is 1.21 bits per heavy atom. The molecular formula is C29H18N4S. The third kappa shape index (κ3) is 2.95. The van der Waals surface area contributed by atoms with E-state index >= 15 is 0 Å². The van der Waals surface area contributed by atoms with Crippen LogP contribution in [0.4, 0.5) is 0 Å². The molecule has 0 aliphatic rings. The molecule has 0 unspecified atom stereocenters. The van der Waals surface area contributed by atoms with Crippen molar-refractivity contribution in [2.24, 2.45) is 0 Å². The van der Waals surface area contributed by atoms with E-state index in [4.69, 9.17) is 15.0 Å². The first-order valence-corrected chi connectivity index (χ1v) is 12.0. The summed E-state index contributed by atoms with van der Waals surface area (Å²) in [5.74, 6) is 1.95. The van der Waals surface area contributed by atoms with Gasteiger partial charge >= 0.3 is 0 Å². The highest BCUT2D eigenvalue weighted by atomic mass is 32.1. The van der Waals surface area contributed by atoms with Gasteiger partial charge in [0, 0.05) is 21.9 Å². The molecule has 7 rings (SSSR count). The Hall–Kier alpha value is -4.35. The molecule has 0 aliphatic carbocycles. The minimum atomic E-state index is 0.625. The van der Waals surface area contributed by atoms with Gasteiger partial charge in [-0.05, 0) is 22.9 Å². The van der Waals surface area contributed by atoms with Crippen LogP contribution >= 0.6 is 11.3 Å². The summed E-state index contributed by atoms with van der Waals surface area (Å²) in [7, 11) is 0. The summed E-state index contributed by atoms with van der Waals surface area (Å²) >= 11 is 1.75. The number of fused-ring (bicyclic) bond motifs is 5. The Kier molecular flexibility index (Phi) is 4.29. The SMILES string of the molecule is c1ccc(-c2nc(-c3ccccc3)nc(-n3c4ccccc4c4ccc5ccsc5c43)n2)cc1. The van der Waals surface area contributed by atoms with Crippen LogP contribution < -0.4 is 0 Å². The predicted molar refractivity (Wildman–Crippen MR) is 140 cm³/mol. The molecule has 0 spiro atoms. The van der Waals surface area contributed by atoms with Crippen molar-refractivity contribution >= 4 is 43.2 Å². The maximum Gasteiger partial charge on any atom is 0.238 e. The van der Waals surface area contributed by atoms with Crippen molar-refractivity contribution in [3.8, 4) is 28.7 Å². The van der Waals surface area contributed by atoms with Crippen LogP contribution in [0.1, 0.15) is 0 Å². The molecule has 3 heterocycles. The zero-order valence-corrected chi connectivity index (χ0v) is 18.9. The quantitative estimate of drug-likeness (QED) is 0.277. The Morgan fingerprint density at radius 1 is 0.559 bits per heavy atom. The van der Waals surface area contributed by atoms with Crippen LogP contribution in [0.5, 0.6) is 0 Å². The first-order chi connectivity index (χ1) is 16.9. The second-order valence-electron chi connectivity index (χ2n) is 8.17. The number of nitrogens with zero attached hydrogens (tertiary/aromatic N) is 4. The molecule has 7 aromatic rings. The fourth-order valence-corrected chi connectivity index (χ4v) is 5.51. The van der Waals surface area contributed by atoms with E-state index < -0.39 is 0 Å². The smallest absolute Gasteiger partial charge is 0.238 e. The van der Waals surface area contributed by atoms with Crippen molar-refractivity contribution in [1.82, 2.24) is 19.5 Å². The van der Waals surface area contributed by atoms with Gasteiger partial charge in [-0.15, -0.1) is 11.3 Å². The topological polar surface area (TPSA) is 43.6 Å². The average Bonchev–Trinajstić information content (AvgIpc) is 3.52. The van der Waals surface area contributed by atoms with Crippen LogP contribution in [0.3, 0.4) is 0 Å². The van der Waals surface area contributed by atoms with E-state index in [1.807, 2.05) is 60.7 Å². The summed E-state index contributed by atoms with van der Waals surface area (Å²) < 4.78 is 3.43. The molecule has 0 atom stereocenters. The first kappa shape index (κ1) is 19.1. The third-order valence-corrected chi connectivity index (χ3v) is 7.08. The molecule has 160 valence electrons. The van der Waals surface area contributed by atoms with Crippen LogP contribution in [-0.4, -0.2) is 19.5 Å². The van der Waals surface area contributed by atoms with E-state index in [0.717, 1.165) is 22.2 Å². The average molecular weight is 455 g/mol. The number of benzene rings is 4. The van der Waals surface area contributed by atoms with Crippen molar-refractivity contribution in [1.29, 1.82) is 0 Å². The van der Waals surface area contributed by atoms with E-state index in [0.29, 0.717) is 17.6 Å². The number of hydrogen-bond donors (Lipinski definition) is 0. The molecule has 4 nitrogen and oxygen atoms in total. The predicted octanol–water partition coefficient (Wildman–Crippen LogP) is 7.52. The van der Waals surface area contributed by atoms with Gasteiger partial charge in [0.15, 0.2) is 11.6 Å². The number of thiophene rings is 1. The maximum absolute atomic E-state index is 5.01. The first-order valence-electron chi connectivity index (χ1n) is 11.1. The van der Waals surface area contributed by atoms with Crippen molar-refractivity contribution in [2.45, 2.75) is 0 Å². The summed E-state index contributed by atoms with van der Waals surface area (Å²) in [6.07, 6.45) is 0. The fraction of sp³-hybridized carbons (Fsp3) is 0. The van der Waals surface area contributed by atoms with Gasteiger partial charge in [0.1, 0.15) is 0 Å². The molecule has 4 aromatic carbocycles. The molecule has 0 amide bonds. The lowest BCUT2D eigenvalue weighted by Crippen LogP contribution is -2.06. The molecule has 0 radical (unpaired) electrons. The lowest BCUT2D eigenvalue weighted by Gasteiger charge is -2.11. The summed E-state index contributed by atoms with van der Waals surface area (Å²) in [5.41, 5.74) is 4.15. The molecule has 0 bridgehead atoms. The molecule has 0 fully saturated rings. The largest absolute Gasteiger partial charge is 0.276 e. The van der Waals surface area contributed by atoms with E-state index in [9.17, 15) is 0 Å². The summed E-state index contributed by atoms with van der Waals surface area (Å²) in [4.78, 5) is 14.9. The number of para-hydroxylation sites is 1. The van der Waals surface area contributed by atoms with Gasteiger partial charge in [0.2, 0.25) is 5.95 Å². The van der Waals surface area contributed by atoms with E-state index in [1.165, 1.54) is 20.9 Å². The monoisotopic (exact) mass is 454 g/mol. The lowest BCUT2D eigenvalue weighted by molar-refractivity contribution is 0.955. The van der Waals surface area contributed by atoms with Crippen LogP contribution in [0.2, 0.25) is 0 Å². The highest BCUT2D eigenvalue weighted by Gasteiger charge is 2.19. The second kappa shape index (κ2) is 7.61. The summed E-state index contributed by atoms with van der Waals surface area (Å²) in [6, 6.07) is 35.2. The fourth-order valence-electron chi connectivity index (χ4n) is 4.58. The van der Waals surface area contributed by atoms with Crippen molar-refractivity contribution in [3.05, 3.63) is 109 Å². The second-order valence-corrected chi connectivity index (χ2v) is 9.08. The van der Waals surface area contributed by atoms with Gasteiger partial charge < -0.3 is 0 Å². The molecule has 0 aliphatic heterocycles. The van der Waals surface area contributed by atoms with Gasteiger partial charge in [0.05, 0.1) is 15.7 Å². The lowest BCUT2D eigenvalue weighted by atomic mass is 10.1. The van der Waals surface area contributed by atoms with Gasteiger partial charge in [-0.25, -0.2) is 4.98 Å². The Labute approximate surface area is 199 Å². The third-order valence-electron chi connectivity index (χ3n) is 6.14. The number of hydrogen-bond acceptors (Lipinski definition) is 4. The van der Waals surface area contributed by atoms with Gasteiger partial charge in [-0.3, -0.25) is 4.57 Å². The molecule has 0 N–H and O–H groups in total. The Bertz CT molecular complexity index is 1740. The number of aromatic nitrogens is 4. The zero-order chi connectivity index (χ0) is 22.5. The molecule has 5 heteroatoms. The zero-order valence-electron chi connectivity index (χ0n) is 18.1. The van der Waals surface area contributed by atoms with Crippen molar-refractivity contribution < 1.29 is 0 Å². The minimum absolute atomic E-state index is 0.625. The van der Waals surface area contributed by atoms with Gasteiger partial charge in [-0.2, -0.15) is 9.97 Å². The van der Waals surface area contributed by atoms with E-state index in [1.54, 1.807) is 11.3 Å². The maximum atomic E-state index is 5.01. The minimum Gasteiger partial charge on any atom is -0.276 e. The summed E-state index contributed by atoms with van der Waals surface area (Å²) in [5, 5.41) is 5.76. The highest BCUT2D eigenvalue weighted by molar-refractivity contribution is 7.18. The Balaban J connectivity index is 1.62. The van der Waals surface area contributed by atoms with Crippen molar-refractivity contribution in [2.75, 3.05) is 0 Å². The van der Waals surface area contributed by atoms with Crippen LogP contribution in [0.15, 0.2) is 109 Å². The molecular weight excluding hydrogens is 436 g/mol. The van der Waals surface area contributed by atoms with Crippen LogP contribution in [-0.2, 0) is 0 Å². The molecule has 34 heavy (non-hydrogen) atoms. The Morgan fingerprint density at radius 3 is 1.91 bits per heavy atom. The molecule has 0 saturated carbocycles. The van der Waals surface area contributed by atoms with Gasteiger partial charge in [-0.1, -0.05) is 91.0 Å². The van der Waals surface area contributed by atoms with Crippen LogP contribution in [0.25, 0.3) is 60.6 Å². The van der Waals surface area contributed by atoms with Gasteiger partial charge in [0.25, 0.3) is 0 Å². The number of rotatable bonds is 3. The van der Waals surface area contributed by atoms with Crippen molar-refractivity contribution in [3.63, 3.8) is 0 Å². The summed E-state index contributed by atoms with van der Waals surface area (Å²) in [6.45, 7) is 0. The van der Waals surface area contributed by atoms with E-state index in [-0.39, 0.29) is 0 Å². The van der Waals surface area contributed by atoms with Crippen LogP contribution in [0, 0.1) is 0 Å². The normalized spacial score (nSPS) is 11.5. The molecule has 0 saturated heterocycles. The highest BCUT2D eigenvalue weighted by Crippen LogP contribution is 2.38. The van der Waals surface area contributed by atoms with E-state index in [2.05, 4.69) is 52.4 Å². The molecule has 3 aromatic heterocycles.